The van der Waals surface area contributed by atoms with Crippen LogP contribution in [0, 0.1) is 6.92 Å². The van der Waals surface area contributed by atoms with Crippen molar-refractivity contribution >= 4 is 33.3 Å². The number of hydrogen-bond donors (Lipinski definition) is 2. The van der Waals surface area contributed by atoms with Crippen LogP contribution in [0.15, 0.2) is 29.3 Å². The molecule has 0 aliphatic carbocycles. The molecule has 0 radical (unpaired) electrons. The number of nitrogens with zero attached hydrogens (tertiary/aromatic N) is 1. The van der Waals surface area contributed by atoms with Crippen molar-refractivity contribution in [1.82, 2.24) is 10.2 Å². The van der Waals surface area contributed by atoms with E-state index in [-0.39, 0.29) is 17.3 Å². The maximum absolute atomic E-state index is 12.3. The molecular formula is C13H14ClN3O4S. The van der Waals surface area contributed by atoms with Gasteiger partial charge in [-0.15, -0.1) is 0 Å². The summed E-state index contributed by atoms with van der Waals surface area (Å²) in [6.07, 6.45) is 0. The Morgan fingerprint density at radius 1 is 1.45 bits per heavy atom. The molecule has 1 heterocycles. The number of halogens is 1. The Hall–Kier alpha value is -2.06. The minimum Gasteiger partial charge on any atom is -0.461 e. The topological polar surface area (TPSA) is 101 Å². The number of hydrogen-bond acceptors (Lipinski definition) is 5. The monoisotopic (exact) mass is 343 g/mol. The fraction of sp³-hybridized carbons (Fsp3) is 0.231. The zero-order valence-electron chi connectivity index (χ0n) is 11.9. The molecule has 1 aromatic heterocycles. The van der Waals surface area contributed by atoms with E-state index in [9.17, 15) is 13.2 Å². The summed E-state index contributed by atoms with van der Waals surface area (Å²) < 4.78 is 31.7. The second-order valence-corrected chi connectivity index (χ2v) is 6.41. The van der Waals surface area contributed by atoms with E-state index in [2.05, 4.69) is 14.9 Å². The summed E-state index contributed by atoms with van der Waals surface area (Å²) in [5, 5.41) is 6.14. The van der Waals surface area contributed by atoms with Gasteiger partial charge >= 0.3 is 5.97 Å². The molecule has 2 N–H and O–H groups in total. The number of benzene rings is 1. The molecule has 22 heavy (non-hydrogen) atoms. The van der Waals surface area contributed by atoms with Crippen LogP contribution in [-0.2, 0) is 14.8 Å². The molecule has 0 fully saturated rings. The van der Waals surface area contributed by atoms with Crippen molar-refractivity contribution in [3.05, 3.63) is 40.5 Å². The number of aromatic nitrogens is 2. The summed E-state index contributed by atoms with van der Waals surface area (Å²) in [5.41, 5.74) is 0.836. The van der Waals surface area contributed by atoms with Gasteiger partial charge in [-0.2, -0.15) is 13.5 Å². The van der Waals surface area contributed by atoms with Crippen LogP contribution < -0.4 is 4.72 Å². The Kier molecular flexibility index (Phi) is 4.72. The van der Waals surface area contributed by atoms with Crippen LogP contribution in [0.4, 0.5) is 5.69 Å². The highest BCUT2D eigenvalue weighted by molar-refractivity contribution is 7.92. The second kappa shape index (κ2) is 6.37. The second-order valence-electron chi connectivity index (χ2n) is 4.36. The summed E-state index contributed by atoms with van der Waals surface area (Å²) in [7, 11) is -3.91. The molecule has 0 amide bonds. The van der Waals surface area contributed by atoms with Crippen molar-refractivity contribution in [2.45, 2.75) is 18.9 Å². The van der Waals surface area contributed by atoms with Crippen molar-refractivity contribution in [3.8, 4) is 0 Å². The Bertz CT molecular complexity index is 801. The maximum Gasteiger partial charge on any atom is 0.358 e. The van der Waals surface area contributed by atoms with E-state index in [0.29, 0.717) is 16.3 Å². The average Bonchev–Trinajstić information content (AvgIpc) is 2.95. The summed E-state index contributed by atoms with van der Waals surface area (Å²) in [5.74, 6) is -0.695. The molecule has 0 atom stereocenters. The van der Waals surface area contributed by atoms with E-state index in [1.807, 2.05) is 0 Å². The molecular weight excluding hydrogens is 330 g/mol. The molecule has 0 aliphatic rings. The number of carbonyl (C=O) groups excluding carboxylic acids is 1. The van der Waals surface area contributed by atoms with Gasteiger partial charge in [-0.05, 0) is 31.5 Å². The molecule has 118 valence electrons. The number of carbonyl (C=O) groups is 1. The van der Waals surface area contributed by atoms with Crippen LogP contribution in [0.5, 0.6) is 0 Å². The Balaban J connectivity index is 2.28. The predicted molar refractivity (Wildman–Crippen MR) is 81.5 cm³/mol. The minimum atomic E-state index is -3.91. The van der Waals surface area contributed by atoms with Crippen molar-refractivity contribution in [3.63, 3.8) is 0 Å². The molecule has 9 heteroatoms. The number of anilines is 1. The van der Waals surface area contributed by atoms with Crippen molar-refractivity contribution in [2.24, 2.45) is 0 Å². The van der Waals surface area contributed by atoms with Gasteiger partial charge in [0.25, 0.3) is 10.0 Å². The zero-order chi connectivity index (χ0) is 16.3. The van der Waals surface area contributed by atoms with E-state index in [1.54, 1.807) is 32.0 Å². The average molecular weight is 344 g/mol. The highest BCUT2D eigenvalue weighted by Gasteiger charge is 2.21. The maximum atomic E-state index is 12.3. The van der Waals surface area contributed by atoms with Crippen LogP contribution >= 0.6 is 11.6 Å². The lowest BCUT2D eigenvalue weighted by atomic mass is 10.2. The van der Waals surface area contributed by atoms with Gasteiger partial charge in [0.1, 0.15) is 0 Å². The number of sulfonamides is 1. The van der Waals surface area contributed by atoms with Crippen LogP contribution in [0.1, 0.15) is 23.0 Å². The first-order valence-electron chi connectivity index (χ1n) is 6.35. The van der Waals surface area contributed by atoms with E-state index < -0.39 is 16.0 Å². The molecule has 1 aromatic carbocycles. The lowest BCUT2D eigenvalue weighted by Gasteiger charge is -2.09. The summed E-state index contributed by atoms with van der Waals surface area (Å²) in [4.78, 5) is 11.5. The minimum absolute atomic E-state index is 0.106. The molecule has 2 aromatic rings. The third-order valence-corrected chi connectivity index (χ3v) is 4.53. The normalized spacial score (nSPS) is 11.2. The molecule has 0 bridgehead atoms. The number of nitrogens with one attached hydrogen (secondary N) is 2. The number of H-pyrrole nitrogens is 1. The van der Waals surface area contributed by atoms with Gasteiger partial charge in [0.05, 0.1) is 12.3 Å². The van der Waals surface area contributed by atoms with E-state index in [4.69, 9.17) is 16.3 Å². The number of rotatable bonds is 5. The Morgan fingerprint density at radius 3 is 2.86 bits per heavy atom. The number of esters is 1. The predicted octanol–water partition coefficient (Wildman–Crippen LogP) is 2.35. The first-order chi connectivity index (χ1) is 10.3. The lowest BCUT2D eigenvalue weighted by molar-refractivity contribution is 0.0519. The van der Waals surface area contributed by atoms with Crippen LogP contribution in [-0.4, -0.2) is 31.2 Å². The number of ether oxygens (including phenoxy) is 1. The molecule has 7 nitrogen and oxygen atoms in total. The Labute approximate surface area is 132 Å². The van der Waals surface area contributed by atoms with Crippen molar-refractivity contribution in [1.29, 1.82) is 0 Å². The largest absolute Gasteiger partial charge is 0.461 e. The highest BCUT2D eigenvalue weighted by Crippen LogP contribution is 2.25. The van der Waals surface area contributed by atoms with Crippen molar-refractivity contribution < 1.29 is 17.9 Å². The van der Waals surface area contributed by atoms with Gasteiger partial charge in [0.2, 0.25) is 0 Å². The lowest BCUT2D eigenvalue weighted by Crippen LogP contribution is -2.14. The summed E-state index contributed by atoms with van der Waals surface area (Å²) >= 11 is 5.95. The quantitative estimate of drug-likeness (QED) is 0.811. The van der Waals surface area contributed by atoms with Crippen LogP contribution in [0.2, 0.25) is 5.02 Å². The first-order valence-corrected chi connectivity index (χ1v) is 8.21. The smallest absolute Gasteiger partial charge is 0.358 e. The molecule has 2 rings (SSSR count). The SMILES string of the molecule is CCOC(=O)c1cc(S(=O)(=O)Nc2cccc(Cl)c2C)[nH]n1. The molecule has 0 saturated heterocycles. The molecule has 0 unspecified atom stereocenters. The number of aromatic amines is 1. The summed E-state index contributed by atoms with van der Waals surface area (Å²) in [6, 6.07) is 5.98. The van der Waals surface area contributed by atoms with Crippen LogP contribution in [0.25, 0.3) is 0 Å². The first kappa shape index (κ1) is 16.3. The third kappa shape index (κ3) is 3.40. The van der Waals surface area contributed by atoms with E-state index in [1.165, 1.54) is 0 Å². The van der Waals surface area contributed by atoms with Gasteiger partial charge in [-0.1, -0.05) is 17.7 Å². The summed E-state index contributed by atoms with van der Waals surface area (Å²) in [6.45, 7) is 3.51. The van der Waals surface area contributed by atoms with E-state index >= 15 is 0 Å². The zero-order valence-corrected chi connectivity index (χ0v) is 13.5. The fourth-order valence-electron chi connectivity index (χ4n) is 1.67. The van der Waals surface area contributed by atoms with Gasteiger partial charge < -0.3 is 4.74 Å². The van der Waals surface area contributed by atoms with Gasteiger partial charge in [0.15, 0.2) is 10.7 Å². The Morgan fingerprint density at radius 2 is 2.18 bits per heavy atom. The molecule has 0 aliphatic heterocycles. The van der Waals surface area contributed by atoms with Gasteiger partial charge in [0, 0.05) is 11.1 Å². The van der Waals surface area contributed by atoms with Crippen LogP contribution in [0.3, 0.4) is 0 Å². The molecule has 0 saturated carbocycles. The van der Waals surface area contributed by atoms with E-state index in [0.717, 1.165) is 6.07 Å². The third-order valence-electron chi connectivity index (χ3n) is 2.84. The fourth-order valence-corrected chi connectivity index (χ4v) is 2.90. The highest BCUT2D eigenvalue weighted by atomic mass is 35.5. The van der Waals surface area contributed by atoms with Gasteiger partial charge in [-0.3, -0.25) is 9.82 Å². The van der Waals surface area contributed by atoms with Gasteiger partial charge in [-0.25, -0.2) is 4.79 Å². The standard InChI is InChI=1S/C13H14ClN3O4S/c1-3-21-13(18)11-7-12(16-15-11)22(19,20)17-10-6-4-5-9(14)8(10)2/h4-7,17H,3H2,1-2H3,(H,15,16). The van der Waals surface area contributed by atoms with Crippen molar-refractivity contribution in [2.75, 3.05) is 11.3 Å². The molecule has 0 spiro atoms.